The highest BCUT2D eigenvalue weighted by Crippen LogP contribution is 2.30. The van der Waals surface area contributed by atoms with Crippen molar-refractivity contribution in [2.45, 2.75) is 19.9 Å². The van der Waals surface area contributed by atoms with Crippen molar-refractivity contribution < 1.29 is 4.39 Å². The van der Waals surface area contributed by atoms with Gasteiger partial charge in [0.1, 0.15) is 5.82 Å². The molecule has 1 N–H and O–H groups in total. The monoisotopic (exact) mass is 243 g/mol. The fourth-order valence-corrected chi connectivity index (χ4v) is 2.12. The van der Waals surface area contributed by atoms with Crippen LogP contribution < -0.4 is 5.32 Å². The molecule has 1 atom stereocenters. The van der Waals surface area contributed by atoms with Crippen molar-refractivity contribution in [1.29, 1.82) is 0 Å². The molecule has 2 heteroatoms. The maximum absolute atomic E-state index is 14.0. The van der Waals surface area contributed by atoms with Gasteiger partial charge in [0.2, 0.25) is 0 Å². The van der Waals surface area contributed by atoms with Crippen molar-refractivity contribution in [3.05, 3.63) is 59.4 Å². The van der Waals surface area contributed by atoms with Gasteiger partial charge >= 0.3 is 0 Å². The zero-order chi connectivity index (χ0) is 13.1. The number of rotatable bonds is 3. The predicted molar refractivity (Wildman–Crippen MR) is 74.0 cm³/mol. The van der Waals surface area contributed by atoms with E-state index in [1.165, 1.54) is 6.07 Å². The Labute approximate surface area is 108 Å². The molecule has 0 bridgehead atoms. The van der Waals surface area contributed by atoms with Gasteiger partial charge in [0.05, 0.1) is 0 Å². The van der Waals surface area contributed by atoms with Gasteiger partial charge in [-0.2, -0.15) is 0 Å². The molecule has 0 spiro atoms. The zero-order valence-corrected chi connectivity index (χ0v) is 11.0. The number of halogens is 1. The van der Waals surface area contributed by atoms with E-state index >= 15 is 0 Å². The number of hydrogen-bond acceptors (Lipinski definition) is 1. The molecule has 0 aliphatic carbocycles. The Balaban J connectivity index is 2.60. The van der Waals surface area contributed by atoms with E-state index in [4.69, 9.17) is 0 Å². The lowest BCUT2D eigenvalue weighted by Crippen LogP contribution is -2.13. The first-order valence-corrected chi connectivity index (χ1v) is 6.16. The minimum absolute atomic E-state index is 0.170. The van der Waals surface area contributed by atoms with Gasteiger partial charge in [-0.05, 0) is 44.2 Å². The average molecular weight is 243 g/mol. The van der Waals surface area contributed by atoms with Crippen molar-refractivity contribution in [3.63, 3.8) is 0 Å². The quantitative estimate of drug-likeness (QED) is 0.856. The summed E-state index contributed by atoms with van der Waals surface area (Å²) in [4.78, 5) is 0. The fraction of sp³-hybridized carbons (Fsp3) is 0.250. The predicted octanol–water partition coefficient (Wildman–Crippen LogP) is 4.08. The molecule has 0 radical (unpaired) electrons. The van der Waals surface area contributed by atoms with Crippen LogP contribution in [0.2, 0.25) is 0 Å². The van der Waals surface area contributed by atoms with Gasteiger partial charge in [-0.25, -0.2) is 4.39 Å². The standard InChI is InChI=1S/C16H18FN/c1-11-8-9-16(17)15(10-11)14-7-5-4-6-13(14)12(2)18-3/h4-10,12,18H,1-3H3. The van der Waals surface area contributed by atoms with E-state index in [0.29, 0.717) is 5.56 Å². The minimum atomic E-state index is -0.170. The fourth-order valence-electron chi connectivity index (χ4n) is 2.12. The summed E-state index contributed by atoms with van der Waals surface area (Å²) in [5.41, 5.74) is 3.82. The molecule has 0 aliphatic rings. The highest BCUT2D eigenvalue weighted by Gasteiger charge is 2.13. The van der Waals surface area contributed by atoms with E-state index in [-0.39, 0.29) is 11.9 Å². The lowest BCUT2D eigenvalue weighted by atomic mass is 9.94. The Morgan fingerprint density at radius 1 is 1.06 bits per heavy atom. The van der Waals surface area contributed by atoms with Crippen LogP contribution in [0, 0.1) is 12.7 Å². The van der Waals surface area contributed by atoms with E-state index in [1.807, 2.05) is 44.3 Å². The summed E-state index contributed by atoms with van der Waals surface area (Å²) < 4.78 is 14.0. The highest BCUT2D eigenvalue weighted by atomic mass is 19.1. The van der Waals surface area contributed by atoms with E-state index in [0.717, 1.165) is 16.7 Å². The Morgan fingerprint density at radius 2 is 1.78 bits per heavy atom. The third-order valence-corrected chi connectivity index (χ3v) is 3.27. The third-order valence-electron chi connectivity index (χ3n) is 3.27. The van der Waals surface area contributed by atoms with Gasteiger partial charge in [0, 0.05) is 11.6 Å². The average Bonchev–Trinajstić information content (AvgIpc) is 2.40. The van der Waals surface area contributed by atoms with Crippen molar-refractivity contribution in [1.82, 2.24) is 5.32 Å². The molecule has 94 valence electrons. The molecular weight excluding hydrogens is 225 g/mol. The molecule has 0 amide bonds. The summed E-state index contributed by atoms with van der Waals surface area (Å²) in [5.74, 6) is -0.170. The van der Waals surface area contributed by atoms with Crippen molar-refractivity contribution in [2.24, 2.45) is 0 Å². The zero-order valence-electron chi connectivity index (χ0n) is 11.0. The van der Waals surface area contributed by atoms with Crippen LogP contribution in [0.1, 0.15) is 24.1 Å². The molecule has 0 fully saturated rings. The van der Waals surface area contributed by atoms with Gasteiger partial charge in [-0.1, -0.05) is 35.9 Å². The first kappa shape index (κ1) is 12.8. The Kier molecular flexibility index (Phi) is 3.78. The van der Waals surface area contributed by atoms with Crippen LogP contribution in [0.5, 0.6) is 0 Å². The molecular formula is C16H18FN. The normalized spacial score (nSPS) is 12.4. The molecule has 18 heavy (non-hydrogen) atoms. The first-order valence-electron chi connectivity index (χ1n) is 6.16. The maximum Gasteiger partial charge on any atom is 0.131 e. The minimum Gasteiger partial charge on any atom is -0.313 e. The Hall–Kier alpha value is -1.67. The topological polar surface area (TPSA) is 12.0 Å². The largest absolute Gasteiger partial charge is 0.313 e. The molecule has 1 unspecified atom stereocenters. The summed E-state index contributed by atoms with van der Waals surface area (Å²) in [6.45, 7) is 4.06. The summed E-state index contributed by atoms with van der Waals surface area (Å²) in [7, 11) is 1.91. The van der Waals surface area contributed by atoms with Crippen molar-refractivity contribution in [2.75, 3.05) is 7.05 Å². The van der Waals surface area contributed by atoms with E-state index in [9.17, 15) is 4.39 Å². The highest BCUT2D eigenvalue weighted by molar-refractivity contribution is 5.69. The van der Waals surface area contributed by atoms with Gasteiger partial charge in [-0.15, -0.1) is 0 Å². The summed E-state index contributed by atoms with van der Waals surface area (Å²) in [6, 6.07) is 13.4. The van der Waals surface area contributed by atoms with E-state index in [1.54, 1.807) is 6.07 Å². The lowest BCUT2D eigenvalue weighted by molar-refractivity contribution is 0.627. The van der Waals surface area contributed by atoms with Gasteiger partial charge < -0.3 is 5.32 Å². The van der Waals surface area contributed by atoms with Gasteiger partial charge in [0.15, 0.2) is 0 Å². The van der Waals surface area contributed by atoms with Crippen LogP contribution in [0.25, 0.3) is 11.1 Å². The van der Waals surface area contributed by atoms with Crippen LogP contribution in [-0.2, 0) is 0 Å². The SMILES string of the molecule is CNC(C)c1ccccc1-c1cc(C)ccc1F. The number of hydrogen-bond donors (Lipinski definition) is 1. The molecule has 2 aromatic carbocycles. The summed E-state index contributed by atoms with van der Waals surface area (Å²) >= 11 is 0. The van der Waals surface area contributed by atoms with Crippen LogP contribution in [0.15, 0.2) is 42.5 Å². The Bertz CT molecular complexity index is 549. The third kappa shape index (κ3) is 2.44. The molecule has 0 saturated heterocycles. The molecule has 0 aromatic heterocycles. The second kappa shape index (κ2) is 5.32. The number of benzene rings is 2. The molecule has 2 rings (SSSR count). The van der Waals surface area contributed by atoms with E-state index in [2.05, 4.69) is 12.2 Å². The van der Waals surface area contributed by atoms with Crippen LogP contribution in [0.3, 0.4) is 0 Å². The van der Waals surface area contributed by atoms with Gasteiger partial charge in [0.25, 0.3) is 0 Å². The second-order valence-corrected chi connectivity index (χ2v) is 4.58. The second-order valence-electron chi connectivity index (χ2n) is 4.58. The van der Waals surface area contributed by atoms with Crippen molar-refractivity contribution in [3.8, 4) is 11.1 Å². The molecule has 0 saturated carbocycles. The molecule has 0 heterocycles. The number of nitrogens with one attached hydrogen (secondary N) is 1. The molecule has 1 nitrogen and oxygen atoms in total. The summed E-state index contributed by atoms with van der Waals surface area (Å²) in [6.07, 6.45) is 0. The van der Waals surface area contributed by atoms with Crippen molar-refractivity contribution >= 4 is 0 Å². The van der Waals surface area contributed by atoms with Crippen LogP contribution in [-0.4, -0.2) is 7.05 Å². The maximum atomic E-state index is 14.0. The summed E-state index contributed by atoms with van der Waals surface area (Å²) in [5, 5.41) is 3.20. The molecule has 2 aromatic rings. The van der Waals surface area contributed by atoms with E-state index < -0.39 is 0 Å². The first-order chi connectivity index (χ1) is 8.63. The lowest BCUT2D eigenvalue weighted by Gasteiger charge is -2.16. The van der Waals surface area contributed by atoms with Gasteiger partial charge in [-0.3, -0.25) is 0 Å². The number of aryl methyl sites for hydroxylation is 1. The Morgan fingerprint density at radius 3 is 2.50 bits per heavy atom. The van der Waals surface area contributed by atoms with Crippen LogP contribution in [0.4, 0.5) is 4.39 Å². The smallest absolute Gasteiger partial charge is 0.131 e. The molecule has 0 aliphatic heterocycles. The van der Waals surface area contributed by atoms with Crippen LogP contribution >= 0.6 is 0 Å².